The first-order chi connectivity index (χ1) is 8.67. The first-order valence-electron chi connectivity index (χ1n) is 5.77. The molecular formula is C17H18O. The molecule has 0 saturated heterocycles. The van der Waals surface area contributed by atoms with Gasteiger partial charge in [-0.3, -0.25) is 0 Å². The largest absolute Gasteiger partial charge is 0.508 e. The second-order valence-electron chi connectivity index (χ2n) is 3.86. The molecule has 0 aromatic heterocycles. The second-order valence-corrected chi connectivity index (χ2v) is 3.86. The van der Waals surface area contributed by atoms with Gasteiger partial charge in [-0.1, -0.05) is 61.7 Å². The zero-order valence-electron chi connectivity index (χ0n) is 10.6. The molecule has 2 aromatic carbocycles. The zero-order valence-corrected chi connectivity index (χ0v) is 10.6. The number of benzene rings is 2. The number of hydrogen-bond donors (Lipinski definition) is 1. The summed E-state index contributed by atoms with van der Waals surface area (Å²) in [5.41, 5.74) is 3.53. The van der Waals surface area contributed by atoms with Crippen LogP contribution in [0.5, 0.6) is 5.75 Å². The monoisotopic (exact) mass is 238 g/mol. The van der Waals surface area contributed by atoms with Crippen LogP contribution in [0.25, 0.3) is 12.2 Å². The van der Waals surface area contributed by atoms with Crippen LogP contribution in [-0.2, 0) is 0 Å². The molecule has 0 aliphatic rings. The molecule has 0 aliphatic carbocycles. The average molecular weight is 238 g/mol. The Hall–Kier alpha value is -2.28. The van der Waals surface area contributed by atoms with Crippen LogP contribution in [0.3, 0.4) is 0 Å². The van der Waals surface area contributed by atoms with Gasteiger partial charge in [0.05, 0.1) is 0 Å². The maximum Gasteiger partial charge on any atom is 0.115 e. The second kappa shape index (κ2) is 7.13. The molecule has 0 radical (unpaired) electrons. The SMILES string of the molecule is C=Cc1ccc(O)cc1.C=Cc1ccccc1C. The third-order valence-electron chi connectivity index (χ3n) is 2.54. The zero-order chi connectivity index (χ0) is 13.4. The van der Waals surface area contributed by atoms with Crippen LogP contribution in [0, 0.1) is 6.92 Å². The van der Waals surface area contributed by atoms with Gasteiger partial charge in [0.25, 0.3) is 0 Å². The molecule has 2 aromatic rings. The van der Waals surface area contributed by atoms with Crippen molar-refractivity contribution in [3.63, 3.8) is 0 Å². The van der Waals surface area contributed by atoms with Gasteiger partial charge in [-0.05, 0) is 35.7 Å². The Kier molecular flexibility index (Phi) is 5.46. The van der Waals surface area contributed by atoms with Crippen LogP contribution in [0.15, 0.2) is 61.7 Å². The van der Waals surface area contributed by atoms with Gasteiger partial charge in [-0.2, -0.15) is 0 Å². The van der Waals surface area contributed by atoms with Gasteiger partial charge >= 0.3 is 0 Å². The fourth-order valence-corrected chi connectivity index (χ4v) is 1.43. The number of rotatable bonds is 2. The highest BCUT2D eigenvalue weighted by molar-refractivity contribution is 5.51. The van der Waals surface area contributed by atoms with E-state index in [2.05, 4.69) is 32.2 Å². The van der Waals surface area contributed by atoms with Gasteiger partial charge in [0, 0.05) is 0 Å². The first kappa shape index (κ1) is 13.8. The van der Waals surface area contributed by atoms with Crippen LogP contribution in [0.1, 0.15) is 16.7 Å². The minimum Gasteiger partial charge on any atom is -0.508 e. The van der Waals surface area contributed by atoms with Crippen LogP contribution >= 0.6 is 0 Å². The minimum absolute atomic E-state index is 0.292. The lowest BCUT2D eigenvalue weighted by molar-refractivity contribution is 0.475. The summed E-state index contributed by atoms with van der Waals surface area (Å²) in [5, 5.41) is 8.82. The van der Waals surface area contributed by atoms with E-state index < -0.39 is 0 Å². The lowest BCUT2D eigenvalue weighted by Crippen LogP contribution is -1.75. The topological polar surface area (TPSA) is 20.2 Å². The fourth-order valence-electron chi connectivity index (χ4n) is 1.43. The highest BCUT2D eigenvalue weighted by Gasteiger charge is 1.86. The average Bonchev–Trinajstić information content (AvgIpc) is 2.41. The summed E-state index contributed by atoms with van der Waals surface area (Å²) < 4.78 is 0. The van der Waals surface area contributed by atoms with Crippen molar-refractivity contribution in [1.29, 1.82) is 0 Å². The van der Waals surface area contributed by atoms with Crippen molar-refractivity contribution in [2.45, 2.75) is 6.92 Å². The quantitative estimate of drug-likeness (QED) is 0.805. The summed E-state index contributed by atoms with van der Waals surface area (Å²) in [6.45, 7) is 9.35. The summed E-state index contributed by atoms with van der Waals surface area (Å²) in [7, 11) is 0. The summed E-state index contributed by atoms with van der Waals surface area (Å²) >= 11 is 0. The maximum absolute atomic E-state index is 8.82. The molecule has 1 heteroatoms. The summed E-state index contributed by atoms with van der Waals surface area (Å²) in [5.74, 6) is 0.292. The molecule has 1 N–H and O–H groups in total. The molecule has 0 amide bonds. The van der Waals surface area contributed by atoms with Crippen molar-refractivity contribution in [3.05, 3.63) is 78.4 Å². The van der Waals surface area contributed by atoms with Crippen LogP contribution < -0.4 is 0 Å². The van der Waals surface area contributed by atoms with Crippen molar-refractivity contribution in [2.75, 3.05) is 0 Å². The summed E-state index contributed by atoms with van der Waals surface area (Å²) in [4.78, 5) is 0. The molecule has 0 spiro atoms. The van der Waals surface area contributed by atoms with Gasteiger partial charge < -0.3 is 5.11 Å². The van der Waals surface area contributed by atoms with E-state index in [9.17, 15) is 0 Å². The van der Waals surface area contributed by atoms with Crippen LogP contribution in [-0.4, -0.2) is 5.11 Å². The van der Waals surface area contributed by atoms with Crippen LogP contribution in [0.2, 0.25) is 0 Å². The number of hydrogen-bond acceptors (Lipinski definition) is 1. The van der Waals surface area contributed by atoms with Gasteiger partial charge in [0.2, 0.25) is 0 Å². The molecule has 18 heavy (non-hydrogen) atoms. The molecule has 0 bridgehead atoms. The molecule has 0 heterocycles. The van der Waals surface area contributed by atoms with Crippen molar-refractivity contribution >= 4 is 12.2 Å². The van der Waals surface area contributed by atoms with Crippen molar-refractivity contribution in [1.82, 2.24) is 0 Å². The molecule has 0 saturated carbocycles. The molecule has 0 fully saturated rings. The molecule has 0 aliphatic heterocycles. The standard InChI is InChI=1S/C9H10.C8H8O/c1-3-9-7-5-4-6-8(9)2;1-2-7-3-5-8(9)6-4-7/h3-7H,1H2,2H3;2-6,9H,1H2. The highest BCUT2D eigenvalue weighted by atomic mass is 16.3. The molecule has 1 nitrogen and oxygen atoms in total. The third-order valence-corrected chi connectivity index (χ3v) is 2.54. The Morgan fingerprint density at radius 2 is 1.50 bits per heavy atom. The Morgan fingerprint density at radius 1 is 0.889 bits per heavy atom. The van der Waals surface area contributed by atoms with Gasteiger partial charge in [0.15, 0.2) is 0 Å². The van der Waals surface area contributed by atoms with E-state index in [1.54, 1.807) is 18.2 Å². The predicted octanol–water partition coefficient (Wildman–Crippen LogP) is 4.67. The minimum atomic E-state index is 0.292. The first-order valence-corrected chi connectivity index (χ1v) is 5.77. The molecule has 0 atom stereocenters. The number of phenolic OH excluding ortho intramolecular Hbond substituents is 1. The van der Waals surface area contributed by atoms with Crippen molar-refractivity contribution in [2.24, 2.45) is 0 Å². The number of phenols is 1. The summed E-state index contributed by atoms with van der Waals surface area (Å²) in [6, 6.07) is 15.1. The van der Waals surface area contributed by atoms with Gasteiger partial charge in [-0.15, -0.1) is 0 Å². The van der Waals surface area contributed by atoms with Crippen molar-refractivity contribution < 1.29 is 5.11 Å². The summed E-state index contributed by atoms with van der Waals surface area (Å²) in [6.07, 6.45) is 3.61. The Bertz CT molecular complexity index is 509. The Morgan fingerprint density at radius 3 is 1.94 bits per heavy atom. The maximum atomic E-state index is 8.82. The van der Waals surface area contributed by atoms with Gasteiger partial charge in [-0.25, -0.2) is 0 Å². The molecule has 2 rings (SSSR count). The van der Waals surface area contributed by atoms with Crippen molar-refractivity contribution in [3.8, 4) is 5.75 Å². The van der Waals surface area contributed by atoms with E-state index in [-0.39, 0.29) is 0 Å². The third kappa shape index (κ3) is 4.30. The lowest BCUT2D eigenvalue weighted by Gasteiger charge is -1.95. The van der Waals surface area contributed by atoms with Crippen LogP contribution in [0.4, 0.5) is 0 Å². The number of aromatic hydroxyl groups is 1. The van der Waals surface area contributed by atoms with E-state index >= 15 is 0 Å². The lowest BCUT2D eigenvalue weighted by atomic mass is 10.1. The predicted molar refractivity (Wildman–Crippen MR) is 79.5 cm³/mol. The van der Waals surface area contributed by atoms with E-state index in [0.717, 1.165) is 5.56 Å². The molecule has 0 unspecified atom stereocenters. The van der Waals surface area contributed by atoms with E-state index in [4.69, 9.17) is 5.11 Å². The van der Waals surface area contributed by atoms with E-state index in [0.29, 0.717) is 5.75 Å². The van der Waals surface area contributed by atoms with E-state index in [1.165, 1.54) is 11.1 Å². The normalized spacial score (nSPS) is 8.94. The van der Waals surface area contributed by atoms with Gasteiger partial charge in [0.1, 0.15) is 5.75 Å². The molecular weight excluding hydrogens is 220 g/mol. The Balaban J connectivity index is 0.000000180. The van der Waals surface area contributed by atoms with E-state index in [1.807, 2.05) is 30.3 Å². The molecule has 92 valence electrons. The Labute approximate surface area is 109 Å². The smallest absolute Gasteiger partial charge is 0.115 e. The number of aryl methyl sites for hydroxylation is 1. The highest BCUT2D eigenvalue weighted by Crippen LogP contribution is 2.09. The fraction of sp³-hybridized carbons (Fsp3) is 0.0588.